The average molecular weight is 277 g/mol. The molecule has 1 N–H and O–H groups in total. The largest absolute Gasteiger partial charge is 0.478 e. The lowest BCUT2D eigenvalue weighted by atomic mass is 10.1. The minimum atomic E-state index is -1.17. The van der Waals surface area contributed by atoms with Gasteiger partial charge in [0.1, 0.15) is 11.6 Å². The fourth-order valence-electron chi connectivity index (χ4n) is 1.90. The quantitative estimate of drug-likeness (QED) is 0.932. The van der Waals surface area contributed by atoms with E-state index in [2.05, 4.69) is 0 Å². The summed E-state index contributed by atoms with van der Waals surface area (Å²) in [6.45, 7) is 0.392. The van der Waals surface area contributed by atoms with Gasteiger partial charge in [0, 0.05) is 13.6 Å². The van der Waals surface area contributed by atoms with Crippen LogP contribution >= 0.6 is 0 Å². The van der Waals surface area contributed by atoms with E-state index in [9.17, 15) is 13.6 Å². The predicted molar refractivity (Wildman–Crippen MR) is 71.9 cm³/mol. The molecular weight excluding hydrogens is 264 g/mol. The van der Waals surface area contributed by atoms with Crippen molar-refractivity contribution in [3.63, 3.8) is 0 Å². The first kappa shape index (κ1) is 14.0. The maximum atomic E-state index is 13.9. The minimum Gasteiger partial charge on any atom is -0.478 e. The van der Waals surface area contributed by atoms with Crippen molar-refractivity contribution in [3.05, 3.63) is 65.2 Å². The molecule has 0 aliphatic carbocycles. The number of anilines is 1. The van der Waals surface area contributed by atoms with Gasteiger partial charge in [-0.3, -0.25) is 0 Å². The SMILES string of the molecule is CN(Cc1ccc(F)cc1)c1ccc(C(=O)O)cc1F. The third-order valence-corrected chi connectivity index (χ3v) is 2.94. The van der Waals surface area contributed by atoms with Crippen LogP contribution in [-0.4, -0.2) is 18.1 Å². The van der Waals surface area contributed by atoms with Gasteiger partial charge in [0.05, 0.1) is 11.3 Å². The zero-order valence-electron chi connectivity index (χ0n) is 10.8. The fourth-order valence-corrected chi connectivity index (χ4v) is 1.90. The van der Waals surface area contributed by atoms with Crippen molar-refractivity contribution in [1.29, 1.82) is 0 Å². The Morgan fingerprint density at radius 1 is 1.15 bits per heavy atom. The maximum Gasteiger partial charge on any atom is 0.335 e. The predicted octanol–water partition coefficient (Wildman–Crippen LogP) is 3.30. The Balaban J connectivity index is 2.18. The van der Waals surface area contributed by atoms with Crippen molar-refractivity contribution in [2.75, 3.05) is 11.9 Å². The molecule has 104 valence electrons. The van der Waals surface area contributed by atoms with E-state index in [4.69, 9.17) is 5.11 Å². The summed E-state index contributed by atoms with van der Waals surface area (Å²) in [7, 11) is 1.68. The van der Waals surface area contributed by atoms with Gasteiger partial charge < -0.3 is 10.0 Å². The Kier molecular flexibility index (Phi) is 3.98. The topological polar surface area (TPSA) is 40.5 Å². The Bertz CT molecular complexity index is 626. The van der Waals surface area contributed by atoms with Gasteiger partial charge in [-0.2, -0.15) is 0 Å². The molecule has 0 bridgehead atoms. The third-order valence-electron chi connectivity index (χ3n) is 2.94. The highest BCUT2D eigenvalue weighted by Crippen LogP contribution is 2.21. The van der Waals surface area contributed by atoms with Crippen LogP contribution in [0, 0.1) is 11.6 Å². The van der Waals surface area contributed by atoms with E-state index < -0.39 is 11.8 Å². The van der Waals surface area contributed by atoms with Gasteiger partial charge in [-0.15, -0.1) is 0 Å². The number of hydrogen-bond acceptors (Lipinski definition) is 2. The van der Waals surface area contributed by atoms with E-state index >= 15 is 0 Å². The number of halogens is 2. The van der Waals surface area contributed by atoms with Gasteiger partial charge in [-0.05, 0) is 35.9 Å². The summed E-state index contributed by atoms with van der Waals surface area (Å²) >= 11 is 0. The maximum absolute atomic E-state index is 13.9. The highest BCUT2D eigenvalue weighted by Gasteiger charge is 2.11. The summed E-state index contributed by atoms with van der Waals surface area (Å²) in [5.74, 6) is -2.10. The monoisotopic (exact) mass is 277 g/mol. The molecule has 0 saturated carbocycles. The number of aromatic carboxylic acids is 1. The number of carboxylic acids is 1. The molecule has 20 heavy (non-hydrogen) atoms. The molecule has 0 aromatic heterocycles. The molecule has 5 heteroatoms. The number of nitrogens with zero attached hydrogens (tertiary/aromatic N) is 1. The molecule has 0 atom stereocenters. The van der Waals surface area contributed by atoms with Crippen LogP contribution in [-0.2, 0) is 6.54 Å². The van der Waals surface area contributed by atoms with Crippen molar-refractivity contribution in [2.24, 2.45) is 0 Å². The zero-order chi connectivity index (χ0) is 14.7. The van der Waals surface area contributed by atoms with E-state index in [0.717, 1.165) is 11.6 Å². The minimum absolute atomic E-state index is 0.0959. The summed E-state index contributed by atoms with van der Waals surface area (Å²) in [5, 5.41) is 8.78. The van der Waals surface area contributed by atoms with Crippen molar-refractivity contribution in [2.45, 2.75) is 6.54 Å². The molecule has 0 unspecified atom stereocenters. The summed E-state index contributed by atoms with van der Waals surface area (Å²) in [5.41, 5.74) is 1.02. The number of carbonyl (C=O) groups is 1. The Morgan fingerprint density at radius 3 is 2.35 bits per heavy atom. The lowest BCUT2D eigenvalue weighted by molar-refractivity contribution is 0.0696. The van der Waals surface area contributed by atoms with Crippen molar-refractivity contribution < 1.29 is 18.7 Å². The van der Waals surface area contributed by atoms with Gasteiger partial charge >= 0.3 is 5.97 Å². The van der Waals surface area contributed by atoms with Gasteiger partial charge in [0.25, 0.3) is 0 Å². The van der Waals surface area contributed by atoms with Crippen molar-refractivity contribution >= 4 is 11.7 Å². The molecule has 0 aliphatic rings. The van der Waals surface area contributed by atoms with E-state index in [1.165, 1.54) is 24.3 Å². The van der Waals surface area contributed by atoms with Gasteiger partial charge in [-0.1, -0.05) is 12.1 Å². The lowest BCUT2D eigenvalue weighted by Gasteiger charge is -2.20. The first-order valence-corrected chi connectivity index (χ1v) is 5.96. The van der Waals surface area contributed by atoms with E-state index in [1.54, 1.807) is 24.1 Å². The average Bonchev–Trinajstić information content (AvgIpc) is 2.41. The molecule has 0 saturated heterocycles. The highest BCUT2D eigenvalue weighted by atomic mass is 19.1. The molecule has 0 spiro atoms. The normalized spacial score (nSPS) is 10.3. The molecular formula is C15H13F2NO2. The first-order valence-electron chi connectivity index (χ1n) is 5.96. The molecule has 2 rings (SSSR count). The molecule has 3 nitrogen and oxygen atoms in total. The van der Waals surface area contributed by atoms with E-state index in [0.29, 0.717) is 12.2 Å². The van der Waals surface area contributed by atoms with Crippen LogP contribution in [0.4, 0.5) is 14.5 Å². The standard InChI is InChI=1S/C15H13F2NO2/c1-18(9-10-2-5-12(16)6-3-10)14-7-4-11(15(19)20)8-13(14)17/h2-8H,9H2,1H3,(H,19,20). The van der Waals surface area contributed by atoms with Crippen LogP contribution in [0.25, 0.3) is 0 Å². The van der Waals surface area contributed by atoms with Crippen LogP contribution in [0.3, 0.4) is 0 Å². The van der Waals surface area contributed by atoms with Gasteiger partial charge in [0.15, 0.2) is 0 Å². The second-order valence-corrected chi connectivity index (χ2v) is 4.45. The number of benzene rings is 2. The first-order chi connectivity index (χ1) is 9.47. The Morgan fingerprint density at radius 2 is 1.80 bits per heavy atom. The van der Waals surface area contributed by atoms with E-state index in [1.807, 2.05) is 0 Å². The fraction of sp³-hybridized carbons (Fsp3) is 0.133. The van der Waals surface area contributed by atoms with Crippen LogP contribution < -0.4 is 4.90 Å². The van der Waals surface area contributed by atoms with Crippen molar-refractivity contribution in [3.8, 4) is 0 Å². The van der Waals surface area contributed by atoms with Crippen molar-refractivity contribution in [1.82, 2.24) is 0 Å². The smallest absolute Gasteiger partial charge is 0.335 e. The molecule has 2 aromatic rings. The number of rotatable bonds is 4. The summed E-state index contributed by atoms with van der Waals surface area (Å²) in [4.78, 5) is 12.4. The summed E-state index contributed by atoms with van der Waals surface area (Å²) < 4.78 is 26.7. The van der Waals surface area contributed by atoms with Gasteiger partial charge in [-0.25, -0.2) is 13.6 Å². The van der Waals surface area contributed by atoms with Crippen LogP contribution in [0.1, 0.15) is 15.9 Å². The van der Waals surface area contributed by atoms with E-state index in [-0.39, 0.29) is 11.4 Å². The second kappa shape index (κ2) is 5.69. The second-order valence-electron chi connectivity index (χ2n) is 4.45. The number of carboxylic acid groups (broad SMARTS) is 1. The molecule has 0 fully saturated rings. The van der Waals surface area contributed by atoms with Crippen LogP contribution in [0.2, 0.25) is 0 Å². The van der Waals surface area contributed by atoms with Crippen LogP contribution in [0.5, 0.6) is 0 Å². The molecule has 0 aliphatic heterocycles. The Hall–Kier alpha value is -2.43. The molecule has 0 radical (unpaired) electrons. The van der Waals surface area contributed by atoms with Gasteiger partial charge in [0.2, 0.25) is 0 Å². The molecule has 2 aromatic carbocycles. The summed E-state index contributed by atoms with van der Waals surface area (Å²) in [6.07, 6.45) is 0. The zero-order valence-corrected chi connectivity index (χ0v) is 10.8. The summed E-state index contributed by atoms with van der Waals surface area (Å²) in [6, 6.07) is 9.67. The highest BCUT2D eigenvalue weighted by molar-refractivity contribution is 5.88. The Labute approximate surface area is 115 Å². The van der Waals surface area contributed by atoms with Crippen LogP contribution in [0.15, 0.2) is 42.5 Å². The molecule has 0 amide bonds. The third kappa shape index (κ3) is 3.12. The number of hydrogen-bond donors (Lipinski definition) is 1. The lowest BCUT2D eigenvalue weighted by Crippen LogP contribution is -2.18. The molecule has 0 heterocycles.